The Kier molecular flexibility index (Phi) is 3.96. The Balaban J connectivity index is 1.75. The third-order valence-electron chi connectivity index (χ3n) is 5.04. The molecule has 0 fully saturated rings. The molecule has 0 aliphatic carbocycles. The second-order valence-corrected chi connectivity index (χ2v) is 7.26. The number of phenols is 1. The Labute approximate surface area is 169 Å². The molecule has 144 valence electrons. The molecule has 0 unspecified atom stereocenters. The van der Waals surface area contributed by atoms with Crippen LogP contribution in [0.2, 0.25) is 5.02 Å². The highest BCUT2D eigenvalue weighted by atomic mass is 35.5. The molecule has 0 radical (unpaired) electrons. The van der Waals surface area contributed by atoms with Crippen molar-refractivity contribution in [1.82, 2.24) is 4.90 Å². The summed E-state index contributed by atoms with van der Waals surface area (Å²) in [5.74, 6) is 0.279. The normalized spacial score (nSPS) is 15.8. The highest BCUT2D eigenvalue weighted by Gasteiger charge is 2.43. The van der Waals surface area contributed by atoms with Crippen LogP contribution >= 0.6 is 11.6 Å². The highest BCUT2D eigenvalue weighted by Crippen LogP contribution is 2.39. The van der Waals surface area contributed by atoms with E-state index in [2.05, 4.69) is 0 Å². The number of aromatic hydroxyl groups is 1. The summed E-state index contributed by atoms with van der Waals surface area (Å²) in [4.78, 5) is 28.1. The van der Waals surface area contributed by atoms with Gasteiger partial charge in [-0.3, -0.25) is 9.59 Å². The van der Waals surface area contributed by atoms with Gasteiger partial charge < -0.3 is 18.8 Å². The van der Waals surface area contributed by atoms with Crippen LogP contribution in [0.15, 0.2) is 74.5 Å². The molecule has 29 heavy (non-hydrogen) atoms. The number of furan rings is 1. The summed E-state index contributed by atoms with van der Waals surface area (Å²) in [5.41, 5.74) is 0.921. The van der Waals surface area contributed by atoms with Crippen LogP contribution in [-0.2, 0) is 6.54 Å². The summed E-state index contributed by atoms with van der Waals surface area (Å²) >= 11 is 6.07. The van der Waals surface area contributed by atoms with Gasteiger partial charge in [0.15, 0.2) is 5.43 Å². The van der Waals surface area contributed by atoms with E-state index in [0.29, 0.717) is 27.3 Å². The van der Waals surface area contributed by atoms with Gasteiger partial charge in [0, 0.05) is 5.02 Å². The zero-order valence-electron chi connectivity index (χ0n) is 15.0. The lowest BCUT2D eigenvalue weighted by Gasteiger charge is -2.24. The number of rotatable bonds is 3. The second kappa shape index (κ2) is 6.53. The van der Waals surface area contributed by atoms with Crippen molar-refractivity contribution in [1.29, 1.82) is 0 Å². The van der Waals surface area contributed by atoms with E-state index < -0.39 is 11.9 Å². The number of halogens is 1. The number of phenolic OH excluding ortho intramolecular Hbond substituents is 1. The number of carbonyl (C=O) groups excluding carboxylic acids is 1. The number of carbonyl (C=O) groups is 1. The molecule has 0 saturated carbocycles. The summed E-state index contributed by atoms with van der Waals surface area (Å²) in [6.07, 6.45) is 1.53. The Hall–Kier alpha value is -3.51. The molecule has 0 bridgehead atoms. The van der Waals surface area contributed by atoms with Crippen LogP contribution in [0.3, 0.4) is 0 Å². The minimum absolute atomic E-state index is 0.00875. The summed E-state index contributed by atoms with van der Waals surface area (Å²) in [6, 6.07) is 13.9. The predicted octanol–water partition coefficient (Wildman–Crippen LogP) is 4.49. The van der Waals surface area contributed by atoms with E-state index in [1.807, 2.05) is 0 Å². The maximum atomic E-state index is 13.3. The third-order valence-corrected chi connectivity index (χ3v) is 5.28. The third kappa shape index (κ3) is 2.80. The molecule has 2 aromatic heterocycles. The van der Waals surface area contributed by atoms with Crippen molar-refractivity contribution in [3.8, 4) is 5.75 Å². The molecule has 7 heteroatoms. The fourth-order valence-corrected chi connectivity index (χ4v) is 3.90. The van der Waals surface area contributed by atoms with Crippen molar-refractivity contribution >= 4 is 28.5 Å². The fourth-order valence-electron chi connectivity index (χ4n) is 3.73. The SMILES string of the molecule is O=C1c2oc3ccc(Cl)cc3c(=O)c2[C@H](c2ccc(O)cc2)N1Cc1ccco1. The molecule has 1 aliphatic heterocycles. The first-order chi connectivity index (χ1) is 14.0. The second-order valence-electron chi connectivity index (χ2n) is 6.82. The van der Waals surface area contributed by atoms with Gasteiger partial charge >= 0.3 is 0 Å². The molecule has 0 saturated heterocycles. The van der Waals surface area contributed by atoms with Gasteiger partial charge in [-0.05, 0) is 48.0 Å². The first kappa shape index (κ1) is 17.6. The first-order valence-electron chi connectivity index (χ1n) is 8.91. The zero-order chi connectivity index (χ0) is 20.1. The van der Waals surface area contributed by atoms with Crippen molar-refractivity contribution in [3.63, 3.8) is 0 Å². The number of nitrogens with zero attached hydrogens (tertiary/aromatic N) is 1. The minimum Gasteiger partial charge on any atom is -0.508 e. The quantitative estimate of drug-likeness (QED) is 0.541. The van der Waals surface area contributed by atoms with E-state index in [9.17, 15) is 14.7 Å². The lowest BCUT2D eigenvalue weighted by Crippen LogP contribution is -2.29. The van der Waals surface area contributed by atoms with Crippen molar-refractivity contribution in [2.45, 2.75) is 12.6 Å². The smallest absolute Gasteiger partial charge is 0.291 e. The van der Waals surface area contributed by atoms with Crippen molar-refractivity contribution in [2.24, 2.45) is 0 Å². The number of amides is 1. The molecule has 6 nitrogen and oxygen atoms in total. The molecule has 5 rings (SSSR count). The van der Waals surface area contributed by atoms with Crippen LogP contribution in [0.5, 0.6) is 5.75 Å². The van der Waals surface area contributed by atoms with Crippen LogP contribution in [-0.4, -0.2) is 15.9 Å². The topological polar surface area (TPSA) is 83.9 Å². The van der Waals surface area contributed by atoms with E-state index in [1.165, 1.54) is 29.4 Å². The number of hydrogen-bond acceptors (Lipinski definition) is 5. The summed E-state index contributed by atoms with van der Waals surface area (Å²) in [6.45, 7) is 0.165. The molecule has 0 spiro atoms. The Morgan fingerprint density at radius 1 is 1.07 bits per heavy atom. The standard InChI is InChI=1S/C22H14ClNO5/c23-13-5-8-17-16(10-13)20(26)18-19(12-3-6-14(25)7-4-12)24(22(27)21(18)29-17)11-15-2-1-9-28-15/h1-10,19,25H,11H2/t19-/m0/s1. The summed E-state index contributed by atoms with van der Waals surface area (Å²) in [7, 11) is 0. The minimum atomic E-state index is -0.678. The lowest BCUT2D eigenvalue weighted by molar-refractivity contribution is 0.0701. The monoisotopic (exact) mass is 407 g/mol. The van der Waals surface area contributed by atoms with E-state index in [-0.39, 0.29) is 29.0 Å². The molecule has 1 atom stereocenters. The Morgan fingerprint density at radius 2 is 1.86 bits per heavy atom. The van der Waals surface area contributed by atoms with Gasteiger partial charge in [0.25, 0.3) is 5.91 Å². The van der Waals surface area contributed by atoms with Crippen molar-refractivity contribution in [2.75, 3.05) is 0 Å². The molecular weight excluding hydrogens is 394 g/mol. The van der Waals surface area contributed by atoms with Gasteiger partial charge in [0.05, 0.1) is 29.8 Å². The number of fused-ring (bicyclic) bond motifs is 2. The average Bonchev–Trinajstić information content (AvgIpc) is 3.32. The first-order valence-corrected chi connectivity index (χ1v) is 9.29. The average molecular weight is 408 g/mol. The number of benzene rings is 2. The largest absolute Gasteiger partial charge is 0.508 e. The van der Waals surface area contributed by atoms with Crippen molar-refractivity contribution in [3.05, 3.63) is 98.8 Å². The van der Waals surface area contributed by atoms with E-state index in [4.69, 9.17) is 20.4 Å². The molecule has 1 N–H and O–H groups in total. The summed E-state index contributed by atoms with van der Waals surface area (Å²) < 4.78 is 11.3. The van der Waals surface area contributed by atoms with Gasteiger partial charge in [-0.1, -0.05) is 23.7 Å². The Bertz CT molecular complexity index is 1290. The van der Waals surface area contributed by atoms with Crippen molar-refractivity contribution < 1.29 is 18.7 Å². The van der Waals surface area contributed by atoms with Crippen LogP contribution in [0.4, 0.5) is 0 Å². The maximum absolute atomic E-state index is 13.3. The molecule has 1 amide bonds. The Morgan fingerprint density at radius 3 is 2.59 bits per heavy atom. The van der Waals surface area contributed by atoms with E-state index in [1.54, 1.807) is 36.4 Å². The molecule has 3 heterocycles. The number of hydrogen-bond donors (Lipinski definition) is 1. The highest BCUT2D eigenvalue weighted by molar-refractivity contribution is 6.31. The fraction of sp³-hybridized carbons (Fsp3) is 0.0909. The van der Waals surface area contributed by atoms with Crippen LogP contribution < -0.4 is 5.43 Å². The van der Waals surface area contributed by atoms with Gasteiger partial charge in [-0.25, -0.2) is 0 Å². The van der Waals surface area contributed by atoms with Gasteiger partial charge in [-0.2, -0.15) is 0 Å². The van der Waals surface area contributed by atoms with E-state index >= 15 is 0 Å². The lowest BCUT2D eigenvalue weighted by atomic mass is 9.98. The van der Waals surface area contributed by atoms with Gasteiger partial charge in [0.2, 0.25) is 5.76 Å². The van der Waals surface area contributed by atoms with E-state index in [0.717, 1.165) is 0 Å². The van der Waals surface area contributed by atoms with Crippen LogP contribution in [0, 0.1) is 0 Å². The van der Waals surface area contributed by atoms with Crippen LogP contribution in [0.1, 0.15) is 33.5 Å². The molecule has 2 aromatic carbocycles. The van der Waals surface area contributed by atoms with Gasteiger partial charge in [-0.15, -0.1) is 0 Å². The zero-order valence-corrected chi connectivity index (χ0v) is 15.7. The van der Waals surface area contributed by atoms with Crippen LogP contribution in [0.25, 0.3) is 11.0 Å². The van der Waals surface area contributed by atoms with Gasteiger partial charge in [0.1, 0.15) is 17.1 Å². The predicted molar refractivity (Wildman–Crippen MR) is 106 cm³/mol. The molecule has 4 aromatic rings. The maximum Gasteiger partial charge on any atom is 0.291 e. The molecular formula is C22H14ClNO5. The summed E-state index contributed by atoms with van der Waals surface area (Å²) in [5, 5.41) is 10.4. The molecule has 1 aliphatic rings.